The first-order valence-corrected chi connectivity index (χ1v) is 10.5. The van der Waals surface area contributed by atoms with Crippen LogP contribution in [0.1, 0.15) is 38.7 Å². The molecule has 1 heterocycles. The van der Waals surface area contributed by atoms with Crippen LogP contribution >= 0.6 is 0 Å². The number of rotatable bonds is 9. The summed E-state index contributed by atoms with van der Waals surface area (Å²) in [5.41, 5.74) is 4.23. The maximum Gasteiger partial charge on any atom is 0.510 e. The van der Waals surface area contributed by atoms with Gasteiger partial charge in [0.2, 0.25) is 0 Å². The van der Waals surface area contributed by atoms with E-state index in [4.69, 9.17) is 19.4 Å². The Morgan fingerprint density at radius 3 is 2.35 bits per heavy atom. The number of ether oxygens (including phenoxy) is 3. The Kier molecular flexibility index (Phi) is 8.03. The molecule has 1 saturated heterocycles. The van der Waals surface area contributed by atoms with E-state index < -0.39 is 12.1 Å². The van der Waals surface area contributed by atoms with Crippen LogP contribution in [-0.2, 0) is 19.0 Å². The van der Waals surface area contributed by atoms with E-state index in [1.165, 1.54) is 18.1 Å². The van der Waals surface area contributed by atoms with E-state index in [1.54, 1.807) is 0 Å². The van der Waals surface area contributed by atoms with Crippen LogP contribution in [-0.4, -0.2) is 42.8 Å². The van der Waals surface area contributed by atoms with Gasteiger partial charge in [0.25, 0.3) is 0 Å². The zero-order valence-corrected chi connectivity index (χ0v) is 18.0. The van der Waals surface area contributed by atoms with Crippen LogP contribution in [0, 0.1) is 5.92 Å². The molecule has 166 valence electrons. The number of hydrogen-bond acceptors (Lipinski definition) is 6. The van der Waals surface area contributed by atoms with Gasteiger partial charge in [0.05, 0.1) is 18.9 Å². The SMILES string of the molecule is CC(=NOCCCCC1COC(C)(OC(=O)O)OC1)c1ccc(-c2ccccc2)cc1. The number of carbonyl (C=O) groups is 1. The van der Waals surface area contributed by atoms with E-state index in [9.17, 15) is 4.79 Å². The molecule has 0 aliphatic carbocycles. The molecule has 7 nitrogen and oxygen atoms in total. The van der Waals surface area contributed by atoms with Gasteiger partial charge >= 0.3 is 12.1 Å². The first-order valence-electron chi connectivity index (χ1n) is 10.5. The first-order chi connectivity index (χ1) is 15.0. The van der Waals surface area contributed by atoms with Gasteiger partial charge in [-0.25, -0.2) is 4.79 Å². The smallest absolute Gasteiger partial charge is 0.450 e. The summed E-state index contributed by atoms with van der Waals surface area (Å²) in [7, 11) is 0. The maximum atomic E-state index is 10.6. The summed E-state index contributed by atoms with van der Waals surface area (Å²) in [4.78, 5) is 16.1. The third kappa shape index (κ3) is 7.08. The minimum absolute atomic E-state index is 0.207. The van der Waals surface area contributed by atoms with Gasteiger partial charge in [0, 0.05) is 12.8 Å². The summed E-state index contributed by atoms with van der Waals surface area (Å²) in [5, 5.41) is 12.9. The molecule has 0 radical (unpaired) electrons. The number of carboxylic acid groups (broad SMARTS) is 1. The molecule has 7 heteroatoms. The Morgan fingerprint density at radius 2 is 1.71 bits per heavy atom. The predicted molar refractivity (Wildman–Crippen MR) is 117 cm³/mol. The van der Waals surface area contributed by atoms with Crippen molar-refractivity contribution in [1.29, 1.82) is 0 Å². The van der Waals surface area contributed by atoms with Gasteiger partial charge in [-0.15, -0.1) is 0 Å². The quantitative estimate of drug-likeness (QED) is 0.253. The van der Waals surface area contributed by atoms with Crippen molar-refractivity contribution in [3.63, 3.8) is 0 Å². The molecule has 3 rings (SSSR count). The van der Waals surface area contributed by atoms with Gasteiger partial charge in [0.1, 0.15) is 6.61 Å². The van der Waals surface area contributed by atoms with E-state index in [0.717, 1.165) is 30.5 Å². The number of nitrogens with zero attached hydrogens (tertiary/aromatic N) is 1. The molecule has 2 aromatic rings. The van der Waals surface area contributed by atoms with Crippen molar-refractivity contribution in [2.24, 2.45) is 11.1 Å². The minimum Gasteiger partial charge on any atom is -0.450 e. The number of hydrogen-bond donors (Lipinski definition) is 1. The molecular formula is C24H29NO6. The van der Waals surface area contributed by atoms with Crippen LogP contribution in [0.25, 0.3) is 11.1 Å². The number of oxime groups is 1. The lowest BCUT2D eigenvalue weighted by Crippen LogP contribution is -2.45. The molecular weight excluding hydrogens is 398 g/mol. The van der Waals surface area contributed by atoms with Crippen LogP contribution in [0.2, 0.25) is 0 Å². The van der Waals surface area contributed by atoms with E-state index in [2.05, 4.69) is 46.3 Å². The topological polar surface area (TPSA) is 86.6 Å². The van der Waals surface area contributed by atoms with Crippen molar-refractivity contribution in [3.8, 4) is 11.1 Å². The van der Waals surface area contributed by atoms with Crippen molar-refractivity contribution < 1.29 is 28.9 Å². The van der Waals surface area contributed by atoms with Crippen molar-refractivity contribution in [2.45, 2.75) is 39.1 Å². The third-order valence-corrected chi connectivity index (χ3v) is 5.14. The zero-order chi connectivity index (χ0) is 22.1. The molecule has 2 aromatic carbocycles. The summed E-state index contributed by atoms with van der Waals surface area (Å²) in [6.07, 6.45) is 1.29. The molecule has 0 bridgehead atoms. The molecule has 1 aliphatic rings. The highest BCUT2D eigenvalue weighted by Gasteiger charge is 2.36. The molecule has 0 unspecified atom stereocenters. The van der Waals surface area contributed by atoms with Crippen molar-refractivity contribution in [1.82, 2.24) is 0 Å². The maximum absolute atomic E-state index is 10.6. The van der Waals surface area contributed by atoms with Gasteiger partial charge in [-0.1, -0.05) is 59.8 Å². The van der Waals surface area contributed by atoms with Crippen molar-refractivity contribution >= 4 is 11.9 Å². The van der Waals surface area contributed by atoms with Crippen molar-refractivity contribution in [3.05, 3.63) is 60.2 Å². The fraction of sp³-hybridized carbons (Fsp3) is 0.417. The Balaban J connectivity index is 1.34. The summed E-state index contributed by atoms with van der Waals surface area (Å²) < 4.78 is 15.4. The molecule has 0 saturated carbocycles. The average molecular weight is 427 g/mol. The number of unbranched alkanes of at least 4 members (excludes halogenated alkanes) is 1. The zero-order valence-electron chi connectivity index (χ0n) is 18.0. The van der Waals surface area contributed by atoms with Crippen LogP contribution in [0.3, 0.4) is 0 Å². The monoisotopic (exact) mass is 427 g/mol. The Hall–Kier alpha value is -2.90. The predicted octanol–water partition coefficient (Wildman–Crippen LogP) is 5.30. The molecule has 0 amide bonds. The van der Waals surface area contributed by atoms with E-state index in [1.807, 2.05) is 25.1 Å². The summed E-state index contributed by atoms with van der Waals surface area (Å²) in [6.45, 7) is 4.74. The molecule has 1 fully saturated rings. The minimum atomic E-state index is -1.50. The summed E-state index contributed by atoms with van der Waals surface area (Å²) >= 11 is 0. The summed E-state index contributed by atoms with van der Waals surface area (Å²) in [5.74, 6) is -1.30. The van der Waals surface area contributed by atoms with Gasteiger partial charge in [-0.05, 0) is 42.9 Å². The highest BCUT2D eigenvalue weighted by molar-refractivity contribution is 5.98. The fourth-order valence-corrected chi connectivity index (χ4v) is 3.34. The second-order valence-corrected chi connectivity index (χ2v) is 7.67. The lowest BCUT2D eigenvalue weighted by molar-refractivity contribution is -0.379. The van der Waals surface area contributed by atoms with Gasteiger partial charge < -0.3 is 24.2 Å². The number of benzene rings is 2. The molecule has 1 aliphatic heterocycles. The van der Waals surface area contributed by atoms with Crippen LogP contribution < -0.4 is 0 Å². The van der Waals surface area contributed by atoms with E-state index in [0.29, 0.717) is 19.8 Å². The van der Waals surface area contributed by atoms with Gasteiger partial charge in [0.15, 0.2) is 0 Å². The lowest BCUT2D eigenvalue weighted by atomic mass is 10.0. The van der Waals surface area contributed by atoms with E-state index >= 15 is 0 Å². The highest BCUT2D eigenvalue weighted by atomic mass is 16.9. The Morgan fingerprint density at radius 1 is 1.06 bits per heavy atom. The average Bonchev–Trinajstić information content (AvgIpc) is 2.77. The fourth-order valence-electron chi connectivity index (χ4n) is 3.34. The molecule has 0 atom stereocenters. The Labute approximate surface area is 182 Å². The van der Waals surface area contributed by atoms with Crippen molar-refractivity contribution in [2.75, 3.05) is 19.8 Å². The third-order valence-electron chi connectivity index (χ3n) is 5.14. The second-order valence-electron chi connectivity index (χ2n) is 7.67. The highest BCUT2D eigenvalue weighted by Crippen LogP contribution is 2.25. The van der Waals surface area contributed by atoms with Gasteiger partial charge in [-0.2, -0.15) is 0 Å². The second kappa shape index (κ2) is 10.9. The standard InChI is InChI=1S/C24H29NO6/c1-18(20-11-13-22(14-12-20)21-9-4-3-5-10-21)25-30-15-7-6-8-19-16-28-24(2,29-17-19)31-23(26)27/h3-5,9-14,19H,6-8,15-17H2,1-2H3,(H,26,27). The lowest BCUT2D eigenvalue weighted by Gasteiger charge is -2.35. The molecule has 31 heavy (non-hydrogen) atoms. The summed E-state index contributed by atoms with van der Waals surface area (Å²) in [6, 6.07) is 18.5. The Bertz CT molecular complexity index is 857. The van der Waals surface area contributed by atoms with E-state index in [-0.39, 0.29) is 5.92 Å². The van der Waals surface area contributed by atoms with Crippen LogP contribution in [0.15, 0.2) is 59.8 Å². The first kappa shape index (κ1) is 22.8. The van der Waals surface area contributed by atoms with Crippen LogP contribution in [0.5, 0.6) is 0 Å². The van der Waals surface area contributed by atoms with Gasteiger partial charge in [-0.3, -0.25) is 0 Å². The normalized spacial score (nSPS) is 21.5. The van der Waals surface area contributed by atoms with Crippen LogP contribution in [0.4, 0.5) is 4.79 Å². The largest absolute Gasteiger partial charge is 0.510 e. The molecule has 0 spiro atoms. The molecule has 0 aromatic heterocycles. The molecule has 1 N–H and O–H groups in total.